The third kappa shape index (κ3) is 4.61. The molecule has 2 N–H and O–H groups in total. The van der Waals surface area contributed by atoms with Gasteiger partial charge >= 0.3 is 12.1 Å². The number of carbonyl (C=O) groups is 1. The van der Waals surface area contributed by atoms with Crippen molar-refractivity contribution in [2.45, 2.75) is 38.4 Å². The van der Waals surface area contributed by atoms with E-state index in [-0.39, 0.29) is 30.8 Å². The van der Waals surface area contributed by atoms with Crippen molar-refractivity contribution in [3.63, 3.8) is 0 Å². The lowest BCUT2D eigenvalue weighted by Crippen LogP contribution is -2.33. The monoisotopic (exact) mass is 337 g/mol. The Labute approximate surface area is 133 Å². The predicted octanol–water partition coefficient (Wildman–Crippen LogP) is 3.95. The Kier molecular flexibility index (Phi) is 6.26. The van der Waals surface area contributed by atoms with E-state index in [0.717, 1.165) is 24.1 Å². The van der Waals surface area contributed by atoms with Crippen LogP contribution in [-0.4, -0.2) is 17.6 Å². The molecule has 0 bridgehead atoms. The summed E-state index contributed by atoms with van der Waals surface area (Å²) in [5.41, 5.74) is 0.748. The highest BCUT2D eigenvalue weighted by Crippen LogP contribution is 2.34. The van der Waals surface area contributed by atoms with Crippen molar-refractivity contribution in [1.29, 1.82) is 0 Å². The first-order valence-corrected chi connectivity index (χ1v) is 6.90. The summed E-state index contributed by atoms with van der Waals surface area (Å²) in [6.45, 7) is 2.34. The van der Waals surface area contributed by atoms with Gasteiger partial charge in [0, 0.05) is 12.5 Å². The zero-order chi connectivity index (χ0) is 15.6. The molecule has 124 valence electrons. The number of alkyl halides is 3. The van der Waals surface area contributed by atoms with Crippen molar-refractivity contribution in [2.75, 3.05) is 6.54 Å². The first kappa shape index (κ1) is 18.8. The standard InChI is InChI=1S/C15H18F3NO2.ClH/c1-9-6-11(15(16,17)18)2-3-12(9)13-7-10(4-5-19-13)8-14(20)21;/h2-3,6,10,13,19H,4-5,7-8H2,1H3,(H,20,21);1H. The molecule has 22 heavy (non-hydrogen) atoms. The molecule has 3 nitrogen and oxygen atoms in total. The molecular formula is C15H19ClF3NO2. The quantitative estimate of drug-likeness (QED) is 0.878. The summed E-state index contributed by atoms with van der Waals surface area (Å²) in [6, 6.07) is 3.66. The van der Waals surface area contributed by atoms with E-state index < -0.39 is 17.7 Å². The van der Waals surface area contributed by atoms with Crippen molar-refractivity contribution in [2.24, 2.45) is 5.92 Å². The number of hydrogen-bond donors (Lipinski definition) is 2. The highest BCUT2D eigenvalue weighted by Gasteiger charge is 2.32. The summed E-state index contributed by atoms with van der Waals surface area (Å²) in [5, 5.41) is 12.1. The molecule has 1 aliphatic heterocycles. The Hall–Kier alpha value is -1.27. The summed E-state index contributed by atoms with van der Waals surface area (Å²) in [4.78, 5) is 10.8. The van der Waals surface area contributed by atoms with Crippen LogP contribution in [0.5, 0.6) is 0 Å². The van der Waals surface area contributed by atoms with Crippen molar-refractivity contribution in [3.8, 4) is 0 Å². The third-order valence-corrected chi connectivity index (χ3v) is 3.95. The van der Waals surface area contributed by atoms with Gasteiger partial charge in [-0.05, 0) is 55.5 Å². The minimum atomic E-state index is -4.34. The Balaban J connectivity index is 0.00000242. The minimum Gasteiger partial charge on any atom is -0.481 e. The molecule has 0 aliphatic carbocycles. The van der Waals surface area contributed by atoms with Gasteiger partial charge in [-0.2, -0.15) is 13.2 Å². The Morgan fingerprint density at radius 1 is 1.41 bits per heavy atom. The molecule has 1 heterocycles. The first-order valence-electron chi connectivity index (χ1n) is 6.90. The summed E-state index contributed by atoms with van der Waals surface area (Å²) in [7, 11) is 0. The SMILES string of the molecule is Cc1cc(C(F)(F)F)ccc1C1CC(CC(=O)O)CCN1.Cl. The van der Waals surface area contributed by atoms with E-state index in [9.17, 15) is 18.0 Å². The number of hydrogen-bond acceptors (Lipinski definition) is 2. The maximum Gasteiger partial charge on any atom is 0.416 e. The zero-order valence-electron chi connectivity index (χ0n) is 12.1. The molecule has 0 amide bonds. The number of rotatable bonds is 3. The molecule has 1 aromatic carbocycles. The average molecular weight is 338 g/mol. The topological polar surface area (TPSA) is 49.3 Å². The molecule has 0 radical (unpaired) electrons. The molecule has 0 spiro atoms. The second kappa shape index (κ2) is 7.33. The number of carboxylic acids is 1. The summed E-state index contributed by atoms with van der Waals surface area (Å²) in [6.07, 6.45) is -2.81. The van der Waals surface area contributed by atoms with Crippen LogP contribution in [-0.2, 0) is 11.0 Å². The van der Waals surface area contributed by atoms with Gasteiger partial charge in [0.15, 0.2) is 0 Å². The molecule has 7 heteroatoms. The summed E-state index contributed by atoms with van der Waals surface area (Å²) in [5.74, 6) is -0.764. The van der Waals surface area contributed by atoms with Gasteiger partial charge in [-0.3, -0.25) is 4.79 Å². The fourth-order valence-electron chi connectivity index (χ4n) is 2.91. The van der Waals surface area contributed by atoms with Gasteiger partial charge in [0.25, 0.3) is 0 Å². The number of nitrogens with one attached hydrogen (secondary N) is 1. The van der Waals surface area contributed by atoms with Gasteiger partial charge in [0.1, 0.15) is 0 Å². The van der Waals surface area contributed by atoms with E-state index >= 15 is 0 Å². The summed E-state index contributed by atoms with van der Waals surface area (Å²) < 4.78 is 38.0. The second-order valence-electron chi connectivity index (χ2n) is 5.56. The Morgan fingerprint density at radius 3 is 2.64 bits per heavy atom. The van der Waals surface area contributed by atoms with E-state index in [0.29, 0.717) is 18.5 Å². The first-order chi connectivity index (χ1) is 9.77. The van der Waals surface area contributed by atoms with E-state index in [2.05, 4.69) is 5.32 Å². The van der Waals surface area contributed by atoms with Gasteiger partial charge in [0.2, 0.25) is 0 Å². The van der Waals surface area contributed by atoms with Crippen LogP contribution >= 0.6 is 12.4 Å². The normalized spacial score (nSPS) is 22.0. The number of halogens is 4. The molecule has 0 saturated carbocycles. The largest absolute Gasteiger partial charge is 0.481 e. The number of aryl methyl sites for hydroxylation is 1. The third-order valence-electron chi connectivity index (χ3n) is 3.95. The van der Waals surface area contributed by atoms with Gasteiger partial charge in [-0.25, -0.2) is 0 Å². The number of carboxylic acid groups (broad SMARTS) is 1. The number of benzene rings is 1. The summed E-state index contributed by atoms with van der Waals surface area (Å²) >= 11 is 0. The molecular weight excluding hydrogens is 319 g/mol. The van der Waals surface area contributed by atoms with Crippen LogP contribution in [0, 0.1) is 12.8 Å². The predicted molar refractivity (Wildman–Crippen MR) is 79.1 cm³/mol. The van der Waals surface area contributed by atoms with Gasteiger partial charge in [-0.1, -0.05) is 6.07 Å². The van der Waals surface area contributed by atoms with Crippen LogP contribution in [0.4, 0.5) is 13.2 Å². The molecule has 1 saturated heterocycles. The molecule has 1 aliphatic rings. The highest BCUT2D eigenvalue weighted by atomic mass is 35.5. The van der Waals surface area contributed by atoms with Crippen molar-refractivity contribution in [1.82, 2.24) is 5.32 Å². The maximum atomic E-state index is 12.7. The van der Waals surface area contributed by atoms with E-state index in [4.69, 9.17) is 5.11 Å². The Bertz CT molecular complexity index is 534. The molecule has 2 atom stereocenters. The highest BCUT2D eigenvalue weighted by molar-refractivity contribution is 5.85. The zero-order valence-corrected chi connectivity index (χ0v) is 12.9. The smallest absolute Gasteiger partial charge is 0.416 e. The lowest BCUT2D eigenvalue weighted by molar-refractivity contribution is -0.139. The molecule has 2 unspecified atom stereocenters. The van der Waals surface area contributed by atoms with Gasteiger partial charge < -0.3 is 10.4 Å². The van der Waals surface area contributed by atoms with E-state index in [1.165, 1.54) is 6.07 Å². The van der Waals surface area contributed by atoms with Crippen LogP contribution in [0.3, 0.4) is 0 Å². The van der Waals surface area contributed by atoms with Crippen LogP contribution < -0.4 is 5.32 Å². The fraction of sp³-hybridized carbons (Fsp3) is 0.533. The van der Waals surface area contributed by atoms with Gasteiger partial charge in [0.05, 0.1) is 5.56 Å². The molecule has 0 aromatic heterocycles. The van der Waals surface area contributed by atoms with Crippen LogP contribution in [0.1, 0.15) is 42.0 Å². The molecule has 2 rings (SSSR count). The van der Waals surface area contributed by atoms with Crippen molar-refractivity contribution in [3.05, 3.63) is 34.9 Å². The number of piperidine rings is 1. The van der Waals surface area contributed by atoms with Crippen LogP contribution in [0.2, 0.25) is 0 Å². The van der Waals surface area contributed by atoms with Crippen LogP contribution in [0.25, 0.3) is 0 Å². The lowest BCUT2D eigenvalue weighted by Gasteiger charge is -2.31. The van der Waals surface area contributed by atoms with Gasteiger partial charge in [-0.15, -0.1) is 12.4 Å². The van der Waals surface area contributed by atoms with E-state index in [1.54, 1.807) is 6.92 Å². The average Bonchev–Trinajstić information content (AvgIpc) is 2.37. The van der Waals surface area contributed by atoms with Crippen molar-refractivity contribution >= 4 is 18.4 Å². The van der Waals surface area contributed by atoms with Crippen LogP contribution in [0.15, 0.2) is 18.2 Å². The minimum absolute atomic E-state index is 0. The molecule has 1 aromatic rings. The Morgan fingerprint density at radius 2 is 2.09 bits per heavy atom. The van der Waals surface area contributed by atoms with Crippen molar-refractivity contribution < 1.29 is 23.1 Å². The second-order valence-corrected chi connectivity index (χ2v) is 5.56. The lowest BCUT2D eigenvalue weighted by atomic mass is 9.85. The van der Waals surface area contributed by atoms with E-state index in [1.807, 2.05) is 0 Å². The fourth-order valence-corrected chi connectivity index (χ4v) is 2.91. The molecule has 1 fully saturated rings. The maximum absolute atomic E-state index is 12.7. The number of aliphatic carboxylic acids is 1.